The number of hydrogen-bond acceptors (Lipinski definition) is 4. The first kappa shape index (κ1) is 20.5. The van der Waals surface area contributed by atoms with E-state index in [0.29, 0.717) is 10.7 Å². The molecule has 0 aliphatic heterocycles. The van der Waals surface area contributed by atoms with Crippen LogP contribution < -0.4 is 10.6 Å². The Balaban J connectivity index is 2.94. The van der Waals surface area contributed by atoms with Crippen LogP contribution in [-0.4, -0.2) is 23.0 Å². The fourth-order valence-corrected chi connectivity index (χ4v) is 2.70. The van der Waals surface area contributed by atoms with Crippen molar-refractivity contribution in [3.05, 3.63) is 40.1 Å². The lowest BCUT2D eigenvalue weighted by molar-refractivity contribution is -0.141. The summed E-state index contributed by atoms with van der Waals surface area (Å²) in [6, 6.07) is 4.40. The Labute approximate surface area is 152 Å². The maximum absolute atomic E-state index is 12.2. The molecule has 0 aromatic heterocycles. The number of aliphatic carboxylic acids is 1. The fourth-order valence-electron chi connectivity index (χ4n) is 2.32. The minimum Gasteiger partial charge on any atom is -0.480 e. The monoisotopic (exact) mass is 363 g/mol. The van der Waals surface area contributed by atoms with Crippen molar-refractivity contribution in [3.63, 3.8) is 0 Å². The van der Waals surface area contributed by atoms with Gasteiger partial charge in [-0.2, -0.15) is 5.26 Å². The molecular formula is C18H22ClN3O3. The van der Waals surface area contributed by atoms with Crippen molar-refractivity contribution in [2.45, 2.75) is 40.2 Å². The highest BCUT2D eigenvalue weighted by molar-refractivity contribution is 6.33. The minimum atomic E-state index is -1.13. The maximum atomic E-state index is 12.2. The third-order valence-corrected chi connectivity index (χ3v) is 3.77. The van der Waals surface area contributed by atoms with Crippen LogP contribution in [0, 0.1) is 31.1 Å². The van der Waals surface area contributed by atoms with E-state index in [1.807, 2.05) is 33.8 Å². The molecule has 1 unspecified atom stereocenters. The summed E-state index contributed by atoms with van der Waals surface area (Å²) in [7, 11) is 0. The van der Waals surface area contributed by atoms with Crippen LogP contribution in [0.3, 0.4) is 0 Å². The third-order valence-electron chi connectivity index (χ3n) is 3.47. The lowest BCUT2D eigenvalue weighted by Crippen LogP contribution is -2.42. The van der Waals surface area contributed by atoms with E-state index in [2.05, 4.69) is 10.6 Å². The van der Waals surface area contributed by atoms with Crippen molar-refractivity contribution >= 4 is 29.2 Å². The van der Waals surface area contributed by atoms with E-state index in [0.717, 1.165) is 11.1 Å². The molecule has 0 saturated carbocycles. The molecule has 1 aromatic rings. The summed E-state index contributed by atoms with van der Waals surface area (Å²) in [5.41, 5.74) is 2.21. The van der Waals surface area contributed by atoms with Gasteiger partial charge in [-0.25, -0.2) is 4.79 Å². The summed E-state index contributed by atoms with van der Waals surface area (Å²) >= 11 is 6.17. The van der Waals surface area contributed by atoms with Crippen molar-refractivity contribution in [2.24, 2.45) is 5.92 Å². The molecule has 1 atom stereocenters. The quantitative estimate of drug-likeness (QED) is 0.509. The molecule has 0 heterocycles. The number of carboxylic acid groups (broad SMARTS) is 1. The van der Waals surface area contributed by atoms with Gasteiger partial charge in [0.2, 0.25) is 0 Å². The molecule has 1 rings (SSSR count). The average Bonchev–Trinajstić information content (AvgIpc) is 2.48. The highest BCUT2D eigenvalue weighted by atomic mass is 35.5. The van der Waals surface area contributed by atoms with Gasteiger partial charge in [0.1, 0.15) is 17.7 Å². The van der Waals surface area contributed by atoms with E-state index in [-0.39, 0.29) is 17.9 Å². The summed E-state index contributed by atoms with van der Waals surface area (Å²) in [4.78, 5) is 23.4. The van der Waals surface area contributed by atoms with E-state index in [1.165, 1.54) is 6.20 Å². The second-order valence-electron chi connectivity index (χ2n) is 6.25. The first-order valence-corrected chi connectivity index (χ1v) is 8.20. The van der Waals surface area contributed by atoms with Gasteiger partial charge in [0.05, 0.1) is 10.7 Å². The second kappa shape index (κ2) is 9.09. The van der Waals surface area contributed by atoms with Crippen LogP contribution in [0.5, 0.6) is 0 Å². The first-order chi connectivity index (χ1) is 11.6. The second-order valence-corrected chi connectivity index (χ2v) is 6.65. The number of anilines is 1. The number of rotatable bonds is 7. The highest BCUT2D eigenvalue weighted by Gasteiger charge is 2.22. The number of hydrogen-bond donors (Lipinski definition) is 3. The first-order valence-electron chi connectivity index (χ1n) is 7.83. The van der Waals surface area contributed by atoms with Crippen LogP contribution >= 0.6 is 11.6 Å². The number of benzene rings is 1. The molecule has 0 bridgehead atoms. The van der Waals surface area contributed by atoms with Crippen molar-refractivity contribution < 1.29 is 14.7 Å². The summed E-state index contributed by atoms with van der Waals surface area (Å²) in [5.74, 6) is -1.79. The molecule has 25 heavy (non-hydrogen) atoms. The van der Waals surface area contributed by atoms with Gasteiger partial charge >= 0.3 is 5.97 Å². The number of nitriles is 1. The highest BCUT2D eigenvalue weighted by Crippen LogP contribution is 2.27. The predicted molar refractivity (Wildman–Crippen MR) is 97.3 cm³/mol. The molecular weight excluding hydrogens is 342 g/mol. The molecule has 0 fully saturated rings. The van der Waals surface area contributed by atoms with Crippen LogP contribution in [0.2, 0.25) is 5.02 Å². The van der Waals surface area contributed by atoms with Crippen LogP contribution in [0.4, 0.5) is 5.69 Å². The van der Waals surface area contributed by atoms with E-state index in [4.69, 9.17) is 11.6 Å². The van der Waals surface area contributed by atoms with Crippen LogP contribution in [0.1, 0.15) is 31.4 Å². The number of nitrogens with one attached hydrogen (secondary N) is 2. The Bertz CT molecular complexity index is 713. The van der Waals surface area contributed by atoms with Gasteiger partial charge in [-0.05, 0) is 43.4 Å². The summed E-state index contributed by atoms with van der Waals surface area (Å²) in [5, 5.41) is 24.1. The number of nitrogens with zero attached hydrogens (tertiary/aromatic N) is 1. The van der Waals surface area contributed by atoms with Crippen molar-refractivity contribution in [2.75, 3.05) is 5.32 Å². The maximum Gasteiger partial charge on any atom is 0.326 e. The van der Waals surface area contributed by atoms with Gasteiger partial charge in [0.25, 0.3) is 5.91 Å². The molecule has 134 valence electrons. The summed E-state index contributed by atoms with van der Waals surface area (Å²) in [6.07, 6.45) is 1.50. The Kier molecular flexibility index (Phi) is 7.46. The summed E-state index contributed by atoms with van der Waals surface area (Å²) in [6.45, 7) is 7.47. The van der Waals surface area contributed by atoms with Gasteiger partial charge in [0.15, 0.2) is 0 Å². The standard InChI is InChI=1S/C18H22ClN3O3/c1-10(2)5-15(18(24)25)22-17(23)13(8-20)9-21-16-12(4)6-11(3)7-14(16)19/h6-7,9-10,15,21H,5H2,1-4H3,(H,22,23)(H,24,25)/b13-9-. The van der Waals surface area contributed by atoms with Gasteiger partial charge < -0.3 is 15.7 Å². The molecule has 0 aliphatic rings. The lowest BCUT2D eigenvalue weighted by atomic mass is 10.0. The van der Waals surface area contributed by atoms with Crippen LogP contribution in [0.25, 0.3) is 0 Å². The number of carboxylic acids is 1. The lowest BCUT2D eigenvalue weighted by Gasteiger charge is -2.16. The Morgan fingerprint density at radius 3 is 2.48 bits per heavy atom. The molecule has 0 spiro atoms. The number of carbonyl (C=O) groups excluding carboxylic acids is 1. The van der Waals surface area contributed by atoms with Gasteiger partial charge in [-0.1, -0.05) is 31.5 Å². The smallest absolute Gasteiger partial charge is 0.326 e. The molecule has 1 amide bonds. The zero-order valence-electron chi connectivity index (χ0n) is 14.7. The van der Waals surface area contributed by atoms with Crippen molar-refractivity contribution in [1.29, 1.82) is 5.26 Å². The number of carbonyl (C=O) groups is 2. The largest absolute Gasteiger partial charge is 0.480 e. The Morgan fingerprint density at radius 2 is 2.00 bits per heavy atom. The zero-order chi connectivity index (χ0) is 19.1. The van der Waals surface area contributed by atoms with E-state index < -0.39 is 17.9 Å². The fraction of sp³-hybridized carbons (Fsp3) is 0.389. The van der Waals surface area contributed by atoms with Gasteiger partial charge in [-0.3, -0.25) is 4.79 Å². The molecule has 1 aromatic carbocycles. The zero-order valence-corrected chi connectivity index (χ0v) is 15.4. The average molecular weight is 364 g/mol. The van der Waals surface area contributed by atoms with Gasteiger partial charge in [-0.15, -0.1) is 0 Å². The topological polar surface area (TPSA) is 102 Å². The van der Waals surface area contributed by atoms with E-state index >= 15 is 0 Å². The van der Waals surface area contributed by atoms with E-state index in [9.17, 15) is 20.0 Å². The Hall–Kier alpha value is -2.52. The molecule has 3 N–H and O–H groups in total. The van der Waals surface area contributed by atoms with Crippen molar-refractivity contribution in [3.8, 4) is 6.07 Å². The molecule has 0 radical (unpaired) electrons. The Morgan fingerprint density at radius 1 is 1.36 bits per heavy atom. The third kappa shape index (κ3) is 6.12. The molecule has 0 aliphatic carbocycles. The van der Waals surface area contributed by atoms with Crippen LogP contribution in [-0.2, 0) is 9.59 Å². The number of halogens is 1. The predicted octanol–water partition coefficient (Wildman–Crippen LogP) is 3.39. The molecule has 7 heteroatoms. The van der Waals surface area contributed by atoms with Crippen LogP contribution in [0.15, 0.2) is 23.9 Å². The van der Waals surface area contributed by atoms with Gasteiger partial charge in [0, 0.05) is 6.20 Å². The molecule has 0 saturated heterocycles. The SMILES string of the molecule is Cc1cc(C)c(N/C=C(/C#N)C(=O)NC(CC(C)C)C(=O)O)c(Cl)c1. The minimum absolute atomic E-state index is 0.0862. The van der Waals surface area contributed by atoms with E-state index in [1.54, 1.807) is 12.1 Å². The number of amides is 1. The molecule has 6 nitrogen and oxygen atoms in total. The normalized spacial score (nSPS) is 12.4. The number of aryl methyl sites for hydroxylation is 2. The van der Waals surface area contributed by atoms with Crippen molar-refractivity contribution in [1.82, 2.24) is 5.32 Å². The summed E-state index contributed by atoms with van der Waals surface area (Å²) < 4.78 is 0.